The Morgan fingerprint density at radius 1 is 1.30 bits per heavy atom. The van der Waals surface area contributed by atoms with Gasteiger partial charge in [-0.1, -0.05) is 0 Å². The zero-order valence-electron chi connectivity index (χ0n) is 10.1. The number of rotatable bonds is 4. The Labute approximate surface area is 109 Å². The summed E-state index contributed by atoms with van der Waals surface area (Å²) < 4.78 is 74.4. The first-order chi connectivity index (χ1) is 9.21. The second-order valence-electron chi connectivity index (χ2n) is 3.26. The number of esters is 1. The van der Waals surface area contributed by atoms with Crippen molar-refractivity contribution >= 4 is 5.97 Å². The first-order valence-corrected chi connectivity index (χ1v) is 4.90. The van der Waals surface area contributed by atoms with Crippen LogP contribution in [-0.4, -0.2) is 31.5 Å². The van der Waals surface area contributed by atoms with Gasteiger partial charge in [-0.25, -0.2) is 18.6 Å². The summed E-state index contributed by atoms with van der Waals surface area (Å²) >= 11 is 0. The molecule has 1 aromatic rings. The van der Waals surface area contributed by atoms with E-state index in [1.165, 1.54) is 0 Å². The number of carbonyl (C=O) groups is 1. The molecular formula is C10H8F5NO4. The number of nitrogens with zero attached hydrogens (tertiary/aromatic N) is 1. The molecule has 0 fully saturated rings. The van der Waals surface area contributed by atoms with Crippen molar-refractivity contribution < 1.29 is 41.0 Å². The molecule has 1 heterocycles. The minimum Gasteiger partial charge on any atom is -0.491 e. The predicted molar refractivity (Wildman–Crippen MR) is 53.8 cm³/mol. The lowest BCUT2D eigenvalue weighted by molar-refractivity contribution is -0.276. The third-order valence-corrected chi connectivity index (χ3v) is 2.08. The van der Waals surface area contributed by atoms with Crippen LogP contribution >= 0.6 is 0 Å². The van der Waals surface area contributed by atoms with E-state index in [4.69, 9.17) is 0 Å². The van der Waals surface area contributed by atoms with Crippen molar-refractivity contribution in [2.24, 2.45) is 0 Å². The number of halogens is 5. The second-order valence-corrected chi connectivity index (χ2v) is 3.26. The highest BCUT2D eigenvalue weighted by Crippen LogP contribution is 2.39. The molecule has 0 unspecified atom stereocenters. The van der Waals surface area contributed by atoms with Crippen LogP contribution in [0.25, 0.3) is 0 Å². The molecule has 0 bridgehead atoms. The van der Waals surface area contributed by atoms with Gasteiger partial charge in [0.2, 0.25) is 0 Å². The van der Waals surface area contributed by atoms with Gasteiger partial charge in [0, 0.05) is 6.20 Å². The van der Waals surface area contributed by atoms with Gasteiger partial charge in [-0.3, -0.25) is 0 Å². The summed E-state index contributed by atoms with van der Waals surface area (Å²) in [5.74, 6) is -3.40. The molecule has 0 saturated heterocycles. The monoisotopic (exact) mass is 301 g/mol. The molecule has 1 aromatic heterocycles. The number of hydrogen-bond donors (Lipinski definition) is 0. The molecule has 0 spiro atoms. The molecule has 10 heteroatoms. The molecule has 0 aliphatic heterocycles. The zero-order valence-corrected chi connectivity index (χ0v) is 10.1. The third kappa shape index (κ3) is 3.45. The van der Waals surface area contributed by atoms with Gasteiger partial charge in [0.25, 0.3) is 12.3 Å². The normalized spacial score (nSPS) is 11.4. The van der Waals surface area contributed by atoms with Crippen molar-refractivity contribution in [1.29, 1.82) is 0 Å². The second kappa shape index (κ2) is 5.88. The van der Waals surface area contributed by atoms with Crippen molar-refractivity contribution in [2.75, 3.05) is 14.2 Å². The van der Waals surface area contributed by atoms with E-state index in [2.05, 4.69) is 19.2 Å². The Balaban J connectivity index is 3.45. The number of hydrogen-bond acceptors (Lipinski definition) is 5. The fourth-order valence-corrected chi connectivity index (χ4v) is 1.36. The lowest BCUT2D eigenvalue weighted by atomic mass is 10.1. The zero-order chi connectivity index (χ0) is 15.5. The van der Waals surface area contributed by atoms with Crippen LogP contribution < -0.4 is 9.47 Å². The van der Waals surface area contributed by atoms with E-state index in [0.717, 1.165) is 14.2 Å². The van der Waals surface area contributed by atoms with E-state index >= 15 is 0 Å². The molecule has 1 rings (SSSR count). The summed E-state index contributed by atoms with van der Waals surface area (Å²) in [6.07, 6.45) is -7.94. The van der Waals surface area contributed by atoms with Crippen LogP contribution in [0.4, 0.5) is 22.0 Å². The smallest absolute Gasteiger partial charge is 0.491 e. The summed E-state index contributed by atoms with van der Waals surface area (Å²) in [5, 5.41) is 0. The van der Waals surface area contributed by atoms with Crippen LogP contribution in [0.2, 0.25) is 0 Å². The van der Waals surface area contributed by atoms with E-state index in [0.29, 0.717) is 6.20 Å². The molecule has 0 aliphatic carbocycles. The first kappa shape index (κ1) is 15.9. The number of alkyl halides is 5. The van der Waals surface area contributed by atoms with Crippen molar-refractivity contribution in [2.45, 2.75) is 12.8 Å². The minimum atomic E-state index is -5.15. The predicted octanol–water partition coefficient (Wildman–Crippen LogP) is 2.71. The van der Waals surface area contributed by atoms with Gasteiger partial charge in [0.15, 0.2) is 5.75 Å². The van der Waals surface area contributed by atoms with E-state index in [1.54, 1.807) is 0 Å². The highest BCUT2D eigenvalue weighted by molar-refractivity contribution is 5.91. The van der Waals surface area contributed by atoms with Gasteiger partial charge in [0.1, 0.15) is 0 Å². The number of pyridine rings is 1. The topological polar surface area (TPSA) is 57.7 Å². The van der Waals surface area contributed by atoms with E-state index in [-0.39, 0.29) is 0 Å². The Kier molecular flexibility index (Phi) is 4.69. The fourth-order valence-electron chi connectivity index (χ4n) is 1.36. The number of aromatic nitrogens is 1. The molecular weight excluding hydrogens is 293 g/mol. The van der Waals surface area contributed by atoms with Crippen molar-refractivity contribution in [1.82, 2.24) is 4.98 Å². The van der Waals surface area contributed by atoms with Crippen LogP contribution in [-0.2, 0) is 4.74 Å². The molecule has 0 radical (unpaired) electrons. The molecule has 0 aromatic carbocycles. The molecule has 0 amide bonds. The van der Waals surface area contributed by atoms with Gasteiger partial charge in [-0.2, -0.15) is 0 Å². The van der Waals surface area contributed by atoms with Crippen LogP contribution in [0, 0.1) is 0 Å². The van der Waals surface area contributed by atoms with Crippen molar-refractivity contribution in [3.05, 3.63) is 17.3 Å². The third-order valence-electron chi connectivity index (χ3n) is 2.08. The molecule has 112 valence electrons. The molecule has 5 nitrogen and oxygen atoms in total. The lowest BCUT2D eigenvalue weighted by Crippen LogP contribution is -2.20. The van der Waals surface area contributed by atoms with Gasteiger partial charge in [0.05, 0.1) is 25.3 Å². The fraction of sp³-hybridized carbons (Fsp3) is 0.400. The highest BCUT2D eigenvalue weighted by atomic mass is 19.4. The van der Waals surface area contributed by atoms with Crippen LogP contribution in [0.5, 0.6) is 11.6 Å². The minimum absolute atomic E-state index is 0.497. The van der Waals surface area contributed by atoms with Crippen molar-refractivity contribution in [3.63, 3.8) is 0 Å². The van der Waals surface area contributed by atoms with E-state index < -0.39 is 41.5 Å². The highest BCUT2D eigenvalue weighted by Gasteiger charge is 2.36. The summed E-state index contributed by atoms with van der Waals surface area (Å²) in [6, 6.07) is 0. The van der Waals surface area contributed by atoms with Gasteiger partial charge >= 0.3 is 12.3 Å². The van der Waals surface area contributed by atoms with Gasteiger partial charge in [-0.15, -0.1) is 13.2 Å². The van der Waals surface area contributed by atoms with Crippen LogP contribution in [0.15, 0.2) is 6.20 Å². The largest absolute Gasteiger partial charge is 0.574 e. The standard InChI is InChI=1S/C10H8F5NO4/c1-18-6-5(7(11)12)4(9(17)19-2)3-16-8(6)20-10(13,14)15/h3,7H,1-2H3. The summed E-state index contributed by atoms with van der Waals surface area (Å²) in [5.41, 5.74) is -1.80. The molecule has 0 atom stereocenters. The molecule has 0 aliphatic rings. The first-order valence-electron chi connectivity index (χ1n) is 4.90. The van der Waals surface area contributed by atoms with E-state index in [1.807, 2.05) is 0 Å². The quantitative estimate of drug-likeness (QED) is 0.632. The summed E-state index contributed by atoms with van der Waals surface area (Å²) in [6.45, 7) is 0. The number of ether oxygens (including phenoxy) is 3. The van der Waals surface area contributed by atoms with Gasteiger partial charge < -0.3 is 14.2 Å². The maximum absolute atomic E-state index is 12.9. The Bertz CT molecular complexity index is 503. The Morgan fingerprint density at radius 2 is 1.90 bits per heavy atom. The molecule has 0 saturated carbocycles. The average molecular weight is 301 g/mol. The maximum atomic E-state index is 12.9. The maximum Gasteiger partial charge on any atom is 0.574 e. The molecule has 0 N–H and O–H groups in total. The number of methoxy groups -OCH3 is 2. The van der Waals surface area contributed by atoms with E-state index in [9.17, 15) is 26.7 Å². The number of carbonyl (C=O) groups excluding carboxylic acids is 1. The SMILES string of the molecule is COC(=O)c1cnc(OC(F)(F)F)c(OC)c1C(F)F. The summed E-state index contributed by atoms with van der Waals surface area (Å²) in [7, 11) is 1.76. The van der Waals surface area contributed by atoms with Crippen LogP contribution in [0.3, 0.4) is 0 Å². The average Bonchev–Trinajstić information content (AvgIpc) is 2.35. The molecule has 20 heavy (non-hydrogen) atoms. The van der Waals surface area contributed by atoms with Gasteiger partial charge in [-0.05, 0) is 0 Å². The Morgan fingerprint density at radius 3 is 2.30 bits per heavy atom. The Hall–Kier alpha value is -2.13. The lowest BCUT2D eigenvalue weighted by Gasteiger charge is -2.16. The van der Waals surface area contributed by atoms with Crippen LogP contribution in [0.1, 0.15) is 22.3 Å². The summed E-state index contributed by atoms with van der Waals surface area (Å²) in [4.78, 5) is 14.4. The van der Waals surface area contributed by atoms with Crippen molar-refractivity contribution in [3.8, 4) is 11.6 Å².